The normalized spacial score (nSPS) is 11.2. The highest BCUT2D eigenvalue weighted by atomic mass is 16.4. The van der Waals surface area contributed by atoms with Gasteiger partial charge in [0.25, 0.3) is 0 Å². The van der Waals surface area contributed by atoms with Crippen molar-refractivity contribution >= 4 is 16.9 Å². The molecule has 0 unspecified atom stereocenters. The van der Waals surface area contributed by atoms with Crippen LogP contribution >= 0.6 is 0 Å². The van der Waals surface area contributed by atoms with Gasteiger partial charge in [-0.05, 0) is 44.5 Å². The van der Waals surface area contributed by atoms with Crippen LogP contribution in [0.2, 0.25) is 0 Å². The molecule has 3 nitrogen and oxygen atoms in total. The number of fused-ring (bicyclic) bond motifs is 1. The van der Waals surface area contributed by atoms with Crippen LogP contribution < -0.4 is 0 Å². The van der Waals surface area contributed by atoms with Crippen LogP contribution in [0, 0.1) is 6.92 Å². The van der Waals surface area contributed by atoms with E-state index in [0.29, 0.717) is 11.6 Å². The standard InChI is InChI=1S/C13H15NO2/c1-8(2)14-5-4-10-7-11(13(15)16)6-9(3)12(10)14/h4-8H,1-3H3,(H,15,16). The van der Waals surface area contributed by atoms with Crippen LogP contribution in [-0.4, -0.2) is 15.6 Å². The lowest BCUT2D eigenvalue weighted by atomic mass is 10.1. The Labute approximate surface area is 94.3 Å². The summed E-state index contributed by atoms with van der Waals surface area (Å²) in [5, 5.41) is 9.97. The molecule has 1 aromatic carbocycles. The SMILES string of the molecule is Cc1cc(C(=O)O)cc2ccn(C(C)C)c12. The fourth-order valence-electron chi connectivity index (χ4n) is 2.08. The fraction of sp³-hybridized carbons (Fsp3) is 0.308. The number of hydrogen-bond acceptors (Lipinski definition) is 1. The Kier molecular flexibility index (Phi) is 2.46. The number of rotatable bonds is 2. The van der Waals surface area contributed by atoms with Crippen LogP contribution in [0.15, 0.2) is 24.4 Å². The molecular formula is C13H15NO2. The average molecular weight is 217 g/mol. The molecule has 3 heteroatoms. The van der Waals surface area contributed by atoms with Crippen LogP contribution in [0.3, 0.4) is 0 Å². The maximum absolute atomic E-state index is 10.9. The molecule has 0 aliphatic rings. The monoisotopic (exact) mass is 217 g/mol. The highest BCUT2D eigenvalue weighted by molar-refractivity contribution is 5.95. The van der Waals surface area contributed by atoms with E-state index in [2.05, 4.69) is 18.4 Å². The predicted molar refractivity (Wildman–Crippen MR) is 64.0 cm³/mol. The number of carboxylic acid groups (broad SMARTS) is 1. The number of carbonyl (C=O) groups is 1. The number of benzene rings is 1. The number of hydrogen-bond donors (Lipinski definition) is 1. The smallest absolute Gasteiger partial charge is 0.335 e. The zero-order valence-electron chi connectivity index (χ0n) is 9.69. The second-order valence-electron chi connectivity index (χ2n) is 4.35. The van der Waals surface area contributed by atoms with Crippen LogP contribution in [0.5, 0.6) is 0 Å². The summed E-state index contributed by atoms with van der Waals surface area (Å²) in [6.07, 6.45) is 2.01. The van der Waals surface area contributed by atoms with Gasteiger partial charge in [0.15, 0.2) is 0 Å². The Hall–Kier alpha value is -1.77. The van der Waals surface area contributed by atoms with Crippen LogP contribution in [0.25, 0.3) is 10.9 Å². The topological polar surface area (TPSA) is 42.2 Å². The van der Waals surface area contributed by atoms with Gasteiger partial charge in [-0.1, -0.05) is 0 Å². The van der Waals surface area contributed by atoms with Gasteiger partial charge in [0, 0.05) is 17.6 Å². The molecule has 1 heterocycles. The highest BCUT2D eigenvalue weighted by Gasteiger charge is 2.11. The first-order valence-corrected chi connectivity index (χ1v) is 5.35. The Morgan fingerprint density at radius 2 is 2.06 bits per heavy atom. The third-order valence-corrected chi connectivity index (χ3v) is 2.81. The van der Waals surface area contributed by atoms with E-state index in [1.807, 2.05) is 19.2 Å². The Morgan fingerprint density at radius 3 is 2.62 bits per heavy atom. The molecule has 16 heavy (non-hydrogen) atoms. The summed E-state index contributed by atoms with van der Waals surface area (Å²) in [4.78, 5) is 10.9. The zero-order valence-corrected chi connectivity index (χ0v) is 9.69. The van der Waals surface area contributed by atoms with E-state index in [0.717, 1.165) is 16.5 Å². The van der Waals surface area contributed by atoms with Crippen molar-refractivity contribution in [1.29, 1.82) is 0 Å². The van der Waals surface area contributed by atoms with Crippen LogP contribution in [0.1, 0.15) is 35.8 Å². The van der Waals surface area contributed by atoms with Crippen molar-refractivity contribution in [2.24, 2.45) is 0 Å². The van der Waals surface area contributed by atoms with Crippen LogP contribution in [-0.2, 0) is 0 Å². The van der Waals surface area contributed by atoms with Gasteiger partial charge in [0.05, 0.1) is 11.1 Å². The molecule has 0 aliphatic carbocycles. The lowest BCUT2D eigenvalue weighted by Gasteiger charge is -2.11. The summed E-state index contributed by atoms with van der Waals surface area (Å²) in [6.45, 7) is 6.18. The summed E-state index contributed by atoms with van der Waals surface area (Å²) in [5.74, 6) is -0.873. The molecule has 0 aliphatic heterocycles. The molecule has 2 aromatic rings. The maximum atomic E-state index is 10.9. The Balaban J connectivity index is 2.73. The predicted octanol–water partition coefficient (Wildman–Crippen LogP) is 3.23. The number of aromatic carboxylic acids is 1. The maximum Gasteiger partial charge on any atom is 0.335 e. The fourth-order valence-corrected chi connectivity index (χ4v) is 2.08. The van der Waals surface area contributed by atoms with Crippen molar-refractivity contribution in [2.45, 2.75) is 26.8 Å². The van der Waals surface area contributed by atoms with Gasteiger partial charge >= 0.3 is 5.97 Å². The van der Waals surface area contributed by atoms with E-state index >= 15 is 0 Å². The van der Waals surface area contributed by atoms with E-state index in [-0.39, 0.29) is 0 Å². The van der Waals surface area contributed by atoms with E-state index in [9.17, 15) is 4.79 Å². The first-order chi connectivity index (χ1) is 7.50. The summed E-state index contributed by atoms with van der Waals surface area (Å²) in [6, 6.07) is 5.80. The average Bonchev–Trinajstić information content (AvgIpc) is 2.61. The molecule has 0 atom stereocenters. The molecule has 0 radical (unpaired) electrons. The van der Waals surface area contributed by atoms with Gasteiger partial charge in [-0.25, -0.2) is 4.79 Å². The molecule has 0 fully saturated rings. The minimum absolute atomic E-state index is 0.353. The molecule has 2 rings (SSSR count). The molecule has 0 spiro atoms. The second kappa shape index (κ2) is 3.67. The quantitative estimate of drug-likeness (QED) is 0.839. The molecular weight excluding hydrogens is 202 g/mol. The van der Waals surface area contributed by atoms with E-state index in [4.69, 9.17) is 5.11 Å². The Morgan fingerprint density at radius 1 is 1.38 bits per heavy atom. The molecule has 1 N–H and O–H groups in total. The van der Waals surface area contributed by atoms with Crippen molar-refractivity contribution in [2.75, 3.05) is 0 Å². The van der Waals surface area contributed by atoms with Crippen molar-refractivity contribution in [1.82, 2.24) is 4.57 Å². The van der Waals surface area contributed by atoms with E-state index in [1.165, 1.54) is 0 Å². The highest BCUT2D eigenvalue weighted by Crippen LogP contribution is 2.25. The third-order valence-electron chi connectivity index (χ3n) is 2.81. The van der Waals surface area contributed by atoms with Crippen LogP contribution in [0.4, 0.5) is 0 Å². The first-order valence-electron chi connectivity index (χ1n) is 5.35. The lowest BCUT2D eigenvalue weighted by molar-refractivity contribution is 0.0697. The molecule has 84 valence electrons. The van der Waals surface area contributed by atoms with Gasteiger partial charge in [0.1, 0.15) is 0 Å². The van der Waals surface area contributed by atoms with Crippen molar-refractivity contribution in [3.63, 3.8) is 0 Å². The number of aromatic nitrogens is 1. The van der Waals surface area contributed by atoms with Crippen molar-refractivity contribution in [3.8, 4) is 0 Å². The molecule has 0 saturated carbocycles. The third kappa shape index (κ3) is 1.58. The van der Waals surface area contributed by atoms with Gasteiger partial charge in [-0.15, -0.1) is 0 Å². The van der Waals surface area contributed by atoms with Gasteiger partial charge in [0.2, 0.25) is 0 Å². The Bertz CT molecular complexity index is 552. The molecule has 0 amide bonds. The second-order valence-corrected chi connectivity index (χ2v) is 4.35. The van der Waals surface area contributed by atoms with Gasteiger partial charge < -0.3 is 9.67 Å². The molecule has 1 aromatic heterocycles. The molecule has 0 saturated heterocycles. The summed E-state index contributed by atoms with van der Waals surface area (Å²) < 4.78 is 2.16. The lowest BCUT2D eigenvalue weighted by Crippen LogP contribution is -2.01. The first kappa shape index (κ1) is 10.7. The van der Waals surface area contributed by atoms with E-state index < -0.39 is 5.97 Å². The van der Waals surface area contributed by atoms with Gasteiger partial charge in [-0.3, -0.25) is 0 Å². The number of nitrogens with zero attached hydrogens (tertiary/aromatic N) is 1. The zero-order chi connectivity index (χ0) is 11.9. The number of aryl methyl sites for hydroxylation is 1. The van der Waals surface area contributed by atoms with E-state index in [1.54, 1.807) is 12.1 Å². The van der Waals surface area contributed by atoms with Crippen molar-refractivity contribution in [3.05, 3.63) is 35.5 Å². The van der Waals surface area contributed by atoms with Crippen molar-refractivity contribution < 1.29 is 9.90 Å². The van der Waals surface area contributed by atoms with Gasteiger partial charge in [-0.2, -0.15) is 0 Å². The minimum atomic E-state index is -0.873. The summed E-state index contributed by atoms with van der Waals surface area (Å²) in [7, 11) is 0. The summed E-state index contributed by atoms with van der Waals surface area (Å²) >= 11 is 0. The summed E-state index contributed by atoms with van der Waals surface area (Å²) in [5.41, 5.74) is 2.49. The number of carboxylic acids is 1. The minimum Gasteiger partial charge on any atom is -0.478 e. The molecule has 0 bridgehead atoms. The largest absolute Gasteiger partial charge is 0.478 e.